The van der Waals surface area contributed by atoms with Gasteiger partial charge in [-0.05, 0) is 36.9 Å². The van der Waals surface area contributed by atoms with Crippen LogP contribution in [0.1, 0.15) is 24.4 Å². The summed E-state index contributed by atoms with van der Waals surface area (Å²) in [6, 6.07) is 4.65. The first kappa shape index (κ1) is 12.7. The van der Waals surface area contributed by atoms with Crippen molar-refractivity contribution >= 4 is 29.1 Å². The van der Waals surface area contributed by atoms with Crippen molar-refractivity contribution in [3.05, 3.63) is 33.8 Å². The highest BCUT2D eigenvalue weighted by molar-refractivity contribution is 6.42. The second-order valence-corrected chi connectivity index (χ2v) is 5.12. The lowest BCUT2D eigenvalue weighted by Crippen LogP contribution is -2.35. The second-order valence-electron chi connectivity index (χ2n) is 4.33. The van der Waals surface area contributed by atoms with E-state index in [0.717, 1.165) is 6.54 Å². The third-order valence-corrected chi connectivity index (χ3v) is 3.72. The second kappa shape index (κ2) is 5.25. The number of benzene rings is 1. The molecule has 1 unspecified atom stereocenters. The third kappa shape index (κ3) is 3.12. The van der Waals surface area contributed by atoms with E-state index in [1.807, 2.05) is 0 Å². The van der Waals surface area contributed by atoms with E-state index in [9.17, 15) is 4.79 Å². The fraction of sp³-hybridized carbons (Fsp3) is 0.417. The number of nitrogens with one attached hydrogen (secondary N) is 1. The molecule has 0 aromatic heterocycles. The number of nitrogens with two attached hydrogens (primary N) is 1. The normalized spacial score (nSPS) is 16.8. The van der Waals surface area contributed by atoms with Gasteiger partial charge in [-0.1, -0.05) is 35.3 Å². The van der Waals surface area contributed by atoms with Gasteiger partial charge in [0.2, 0.25) is 5.91 Å². The Labute approximate surface area is 110 Å². The molecule has 92 valence electrons. The monoisotopic (exact) mass is 272 g/mol. The first-order valence-corrected chi connectivity index (χ1v) is 6.32. The van der Waals surface area contributed by atoms with E-state index in [1.165, 1.54) is 12.8 Å². The lowest BCUT2D eigenvalue weighted by molar-refractivity contribution is -0.120. The molecule has 1 fully saturated rings. The number of rotatable bonds is 5. The Morgan fingerprint density at radius 3 is 2.76 bits per heavy atom. The number of carbonyl (C=O) groups is 1. The molecule has 2 rings (SSSR count). The van der Waals surface area contributed by atoms with Gasteiger partial charge in [-0.2, -0.15) is 0 Å². The minimum atomic E-state index is -0.568. The van der Waals surface area contributed by atoms with E-state index in [0.29, 0.717) is 21.5 Å². The van der Waals surface area contributed by atoms with Crippen LogP contribution in [0, 0.1) is 5.92 Å². The number of primary amides is 1. The summed E-state index contributed by atoms with van der Waals surface area (Å²) in [5, 5.41) is 3.97. The highest BCUT2D eigenvalue weighted by atomic mass is 35.5. The van der Waals surface area contributed by atoms with Gasteiger partial charge in [0, 0.05) is 0 Å². The van der Waals surface area contributed by atoms with Crippen molar-refractivity contribution in [3.8, 4) is 0 Å². The predicted molar refractivity (Wildman–Crippen MR) is 69.1 cm³/mol. The van der Waals surface area contributed by atoms with Crippen LogP contribution in [0.5, 0.6) is 0 Å². The van der Waals surface area contributed by atoms with E-state index < -0.39 is 11.9 Å². The molecule has 5 heteroatoms. The molecule has 3 nitrogen and oxygen atoms in total. The summed E-state index contributed by atoms with van der Waals surface area (Å²) in [7, 11) is 0. The first-order valence-electron chi connectivity index (χ1n) is 5.56. The number of hydrogen-bond donors (Lipinski definition) is 2. The maximum absolute atomic E-state index is 11.5. The first-order chi connectivity index (χ1) is 8.09. The molecule has 1 aliphatic carbocycles. The van der Waals surface area contributed by atoms with Gasteiger partial charge < -0.3 is 11.1 Å². The van der Waals surface area contributed by atoms with Crippen LogP contribution in [-0.2, 0) is 4.79 Å². The van der Waals surface area contributed by atoms with Gasteiger partial charge in [0.25, 0.3) is 0 Å². The molecule has 0 aliphatic heterocycles. The summed E-state index contributed by atoms with van der Waals surface area (Å²) < 4.78 is 0. The van der Waals surface area contributed by atoms with Gasteiger partial charge in [-0.25, -0.2) is 0 Å². The lowest BCUT2D eigenvalue weighted by Gasteiger charge is -2.17. The lowest BCUT2D eigenvalue weighted by atomic mass is 10.1. The molecule has 1 aromatic rings. The smallest absolute Gasteiger partial charge is 0.239 e. The van der Waals surface area contributed by atoms with E-state index >= 15 is 0 Å². The summed E-state index contributed by atoms with van der Waals surface area (Å²) in [4.78, 5) is 11.5. The zero-order valence-electron chi connectivity index (χ0n) is 9.25. The zero-order chi connectivity index (χ0) is 12.4. The molecule has 0 spiro atoms. The van der Waals surface area contributed by atoms with Crippen molar-refractivity contribution in [2.75, 3.05) is 6.54 Å². The molecule has 1 aromatic carbocycles. The van der Waals surface area contributed by atoms with Gasteiger partial charge in [0.1, 0.15) is 6.04 Å². The van der Waals surface area contributed by atoms with Crippen LogP contribution in [-0.4, -0.2) is 12.5 Å². The fourth-order valence-electron chi connectivity index (χ4n) is 1.71. The van der Waals surface area contributed by atoms with Crippen LogP contribution in [0.4, 0.5) is 0 Å². The largest absolute Gasteiger partial charge is 0.368 e. The minimum absolute atomic E-state index is 0.390. The van der Waals surface area contributed by atoms with E-state index in [-0.39, 0.29) is 0 Å². The van der Waals surface area contributed by atoms with Gasteiger partial charge in [0.05, 0.1) is 10.0 Å². The topological polar surface area (TPSA) is 55.1 Å². The molecule has 17 heavy (non-hydrogen) atoms. The van der Waals surface area contributed by atoms with Crippen molar-refractivity contribution in [1.29, 1.82) is 0 Å². The highest BCUT2D eigenvalue weighted by Crippen LogP contribution is 2.32. The van der Waals surface area contributed by atoms with Crippen molar-refractivity contribution in [1.82, 2.24) is 5.32 Å². The summed E-state index contributed by atoms with van der Waals surface area (Å²) in [5.74, 6) is 0.227. The van der Waals surface area contributed by atoms with Gasteiger partial charge in [0.15, 0.2) is 0 Å². The average molecular weight is 273 g/mol. The Bertz CT molecular complexity index is 433. The molecular weight excluding hydrogens is 259 g/mol. The molecular formula is C12H14Cl2N2O. The van der Waals surface area contributed by atoms with E-state index in [1.54, 1.807) is 18.2 Å². The third-order valence-electron chi connectivity index (χ3n) is 2.88. The van der Waals surface area contributed by atoms with Crippen molar-refractivity contribution in [3.63, 3.8) is 0 Å². The Balaban J connectivity index is 2.18. The highest BCUT2D eigenvalue weighted by Gasteiger charge is 2.26. The van der Waals surface area contributed by atoms with Crippen LogP contribution in [0.15, 0.2) is 18.2 Å². The standard InChI is InChI=1S/C12H14Cl2N2O/c13-9-3-1-2-8(10(9)14)11(12(15)17)16-6-7-4-5-7/h1-3,7,11,16H,4-6H2,(H2,15,17). The van der Waals surface area contributed by atoms with Crippen LogP contribution >= 0.6 is 23.2 Å². The number of amides is 1. The van der Waals surface area contributed by atoms with Gasteiger partial charge in [-0.3, -0.25) is 4.79 Å². The van der Waals surface area contributed by atoms with Crippen molar-refractivity contribution in [2.24, 2.45) is 11.7 Å². The molecule has 0 saturated heterocycles. The molecule has 0 heterocycles. The molecule has 1 atom stereocenters. The maximum Gasteiger partial charge on any atom is 0.239 e. The molecule has 0 radical (unpaired) electrons. The molecule has 1 saturated carbocycles. The van der Waals surface area contributed by atoms with E-state index in [2.05, 4.69) is 5.32 Å². The maximum atomic E-state index is 11.5. The number of halogens is 2. The summed E-state index contributed by atoms with van der Waals surface area (Å²) in [6.07, 6.45) is 2.42. The van der Waals surface area contributed by atoms with Crippen LogP contribution < -0.4 is 11.1 Å². The molecule has 0 bridgehead atoms. The van der Waals surface area contributed by atoms with Crippen LogP contribution in [0.3, 0.4) is 0 Å². The van der Waals surface area contributed by atoms with Gasteiger partial charge >= 0.3 is 0 Å². The number of carbonyl (C=O) groups excluding carboxylic acids is 1. The minimum Gasteiger partial charge on any atom is -0.368 e. The molecule has 1 amide bonds. The summed E-state index contributed by atoms with van der Waals surface area (Å²) in [6.45, 7) is 0.788. The quantitative estimate of drug-likeness (QED) is 0.866. The SMILES string of the molecule is NC(=O)C(NCC1CC1)c1cccc(Cl)c1Cl. The van der Waals surface area contributed by atoms with Crippen LogP contribution in [0.2, 0.25) is 10.0 Å². The summed E-state index contributed by atoms with van der Waals surface area (Å²) in [5.41, 5.74) is 6.04. The van der Waals surface area contributed by atoms with Crippen LogP contribution in [0.25, 0.3) is 0 Å². The predicted octanol–water partition coefficient (Wildman–Crippen LogP) is 2.52. The fourth-order valence-corrected chi connectivity index (χ4v) is 2.13. The zero-order valence-corrected chi connectivity index (χ0v) is 10.8. The summed E-state index contributed by atoms with van der Waals surface area (Å²) >= 11 is 12.0. The average Bonchev–Trinajstić information content (AvgIpc) is 3.07. The Morgan fingerprint density at radius 2 is 2.18 bits per heavy atom. The van der Waals surface area contributed by atoms with Crippen molar-refractivity contribution < 1.29 is 4.79 Å². The Morgan fingerprint density at radius 1 is 1.47 bits per heavy atom. The van der Waals surface area contributed by atoms with Gasteiger partial charge in [-0.15, -0.1) is 0 Å². The molecule has 1 aliphatic rings. The Kier molecular flexibility index (Phi) is 3.92. The van der Waals surface area contributed by atoms with E-state index in [4.69, 9.17) is 28.9 Å². The Hall–Kier alpha value is -0.770. The molecule has 3 N–H and O–H groups in total. The van der Waals surface area contributed by atoms with Crippen molar-refractivity contribution in [2.45, 2.75) is 18.9 Å². The number of hydrogen-bond acceptors (Lipinski definition) is 2.